The molecule has 0 saturated carbocycles. The maximum atomic E-state index is 13.9. The van der Waals surface area contributed by atoms with E-state index in [2.05, 4.69) is 21.2 Å². The molecule has 3 aromatic carbocycles. The maximum absolute atomic E-state index is 13.9. The summed E-state index contributed by atoms with van der Waals surface area (Å²) in [6, 6.07) is 21.9. The second-order valence-electron chi connectivity index (χ2n) is 9.23. The molecule has 182 valence electrons. The van der Waals surface area contributed by atoms with E-state index in [1.807, 2.05) is 54.6 Å². The number of carboxylic acids is 1. The molecule has 8 heteroatoms. The number of carbonyl (C=O) groups is 4. The number of hydrogen-bond acceptors (Lipinski definition) is 5. The number of amides is 2. The molecule has 2 N–H and O–H groups in total. The number of ketones is 1. The van der Waals surface area contributed by atoms with Gasteiger partial charge in [-0.1, -0.05) is 58.4 Å². The molecule has 4 unspecified atom stereocenters. The van der Waals surface area contributed by atoms with Crippen LogP contribution in [0.15, 0.2) is 83.3 Å². The molecule has 2 fully saturated rings. The lowest BCUT2D eigenvalue weighted by atomic mass is 9.76. The summed E-state index contributed by atoms with van der Waals surface area (Å²) in [5, 5.41) is 13.8. The van der Waals surface area contributed by atoms with Crippen LogP contribution < -0.4 is 10.2 Å². The molecule has 2 heterocycles. The smallest absolute Gasteiger partial charge is 0.325 e. The molecule has 0 aliphatic carbocycles. The molecule has 4 atom stereocenters. The number of rotatable bonds is 6. The minimum atomic E-state index is -1.69. The lowest BCUT2D eigenvalue weighted by Gasteiger charge is -2.31. The first-order valence-electron chi connectivity index (χ1n) is 11.5. The van der Waals surface area contributed by atoms with Crippen molar-refractivity contribution < 1.29 is 24.3 Å². The average molecular weight is 547 g/mol. The van der Waals surface area contributed by atoms with E-state index >= 15 is 0 Å². The molecule has 2 aliphatic rings. The number of nitrogens with zero attached hydrogens (tertiary/aromatic N) is 1. The quantitative estimate of drug-likeness (QED) is 0.355. The van der Waals surface area contributed by atoms with Gasteiger partial charge in [-0.2, -0.15) is 0 Å². The Balaban J connectivity index is 1.63. The Morgan fingerprint density at radius 2 is 1.58 bits per heavy atom. The Kier molecular flexibility index (Phi) is 6.10. The van der Waals surface area contributed by atoms with Crippen molar-refractivity contribution in [1.82, 2.24) is 5.32 Å². The fraction of sp³-hybridized carbons (Fsp3) is 0.214. The topological polar surface area (TPSA) is 104 Å². The molecule has 2 amide bonds. The Morgan fingerprint density at radius 3 is 2.17 bits per heavy atom. The molecule has 0 radical (unpaired) electrons. The summed E-state index contributed by atoms with van der Waals surface area (Å²) >= 11 is 3.41. The molecule has 2 aliphatic heterocycles. The lowest BCUT2D eigenvalue weighted by molar-refractivity contribution is -0.148. The third kappa shape index (κ3) is 3.86. The largest absolute Gasteiger partial charge is 0.480 e. The van der Waals surface area contributed by atoms with Gasteiger partial charge in [0.25, 0.3) is 0 Å². The van der Waals surface area contributed by atoms with E-state index in [1.165, 1.54) is 6.92 Å². The zero-order valence-electron chi connectivity index (χ0n) is 19.4. The molecule has 2 saturated heterocycles. The van der Waals surface area contributed by atoms with Gasteiger partial charge in [-0.3, -0.25) is 24.5 Å². The van der Waals surface area contributed by atoms with Gasteiger partial charge in [-0.25, -0.2) is 4.90 Å². The van der Waals surface area contributed by atoms with E-state index in [0.29, 0.717) is 11.3 Å². The van der Waals surface area contributed by atoms with Crippen LogP contribution >= 0.6 is 15.9 Å². The summed E-state index contributed by atoms with van der Waals surface area (Å²) in [6.07, 6.45) is 0.0352. The molecule has 0 spiro atoms. The summed E-state index contributed by atoms with van der Waals surface area (Å²) < 4.78 is 0.843. The van der Waals surface area contributed by atoms with Crippen molar-refractivity contribution in [2.45, 2.75) is 24.9 Å². The van der Waals surface area contributed by atoms with Gasteiger partial charge in [0.2, 0.25) is 11.8 Å². The first-order valence-corrected chi connectivity index (χ1v) is 12.3. The third-order valence-electron chi connectivity index (χ3n) is 7.12. The van der Waals surface area contributed by atoms with Gasteiger partial charge in [0.15, 0.2) is 5.78 Å². The molecule has 0 bridgehead atoms. The number of aliphatic carboxylic acids is 1. The summed E-state index contributed by atoms with van der Waals surface area (Å²) in [4.78, 5) is 53.4. The van der Waals surface area contributed by atoms with Crippen LogP contribution in [-0.4, -0.2) is 34.2 Å². The van der Waals surface area contributed by atoms with E-state index < -0.39 is 41.2 Å². The highest BCUT2D eigenvalue weighted by Gasteiger charge is 2.68. The number of halogens is 1. The first kappa shape index (κ1) is 24.1. The SMILES string of the molecule is CC(=O)c1ccc(N2C(=O)C3C(c4ccc(Br)cc4)NC(Cc4ccccc4)(C(=O)O)C3C2=O)cc1. The summed E-state index contributed by atoms with van der Waals surface area (Å²) in [5.41, 5.74) is 0.547. The predicted octanol–water partition coefficient (Wildman–Crippen LogP) is 4.17. The number of nitrogens with one attached hydrogen (secondary N) is 1. The highest BCUT2D eigenvalue weighted by Crippen LogP contribution is 2.51. The van der Waals surface area contributed by atoms with Gasteiger partial charge in [-0.05, 0) is 54.4 Å². The Hall–Kier alpha value is -3.62. The van der Waals surface area contributed by atoms with Crippen molar-refractivity contribution in [3.63, 3.8) is 0 Å². The second kappa shape index (κ2) is 9.11. The Bertz CT molecular complexity index is 1360. The van der Waals surface area contributed by atoms with Gasteiger partial charge >= 0.3 is 5.97 Å². The average Bonchev–Trinajstić information content (AvgIpc) is 3.34. The van der Waals surface area contributed by atoms with E-state index in [9.17, 15) is 24.3 Å². The van der Waals surface area contributed by atoms with E-state index in [-0.39, 0.29) is 12.2 Å². The molecular formula is C28H23BrN2O5. The van der Waals surface area contributed by atoms with Gasteiger partial charge in [0.05, 0.1) is 17.5 Å². The summed E-state index contributed by atoms with van der Waals surface area (Å²) in [7, 11) is 0. The highest BCUT2D eigenvalue weighted by molar-refractivity contribution is 9.10. The first-order chi connectivity index (χ1) is 17.2. The van der Waals surface area contributed by atoms with Crippen molar-refractivity contribution in [2.75, 3.05) is 4.90 Å². The zero-order valence-corrected chi connectivity index (χ0v) is 20.9. The highest BCUT2D eigenvalue weighted by atomic mass is 79.9. The fourth-order valence-corrected chi connectivity index (χ4v) is 5.68. The standard InChI is InChI=1S/C28H23BrN2O5/c1-16(32)18-9-13-21(14-10-18)31-25(33)22-23(26(31)34)28(27(35)36,15-17-5-3-2-4-6-17)30-24(22)19-7-11-20(29)12-8-19/h2-14,22-24,30H,15H2,1H3,(H,35,36). The van der Waals surface area contributed by atoms with Crippen LogP contribution in [0, 0.1) is 11.8 Å². The van der Waals surface area contributed by atoms with Gasteiger partial charge in [-0.15, -0.1) is 0 Å². The number of fused-ring (bicyclic) bond motifs is 1. The molecule has 0 aromatic heterocycles. The van der Waals surface area contributed by atoms with Crippen molar-refractivity contribution in [2.24, 2.45) is 11.8 Å². The van der Waals surface area contributed by atoms with Crippen LogP contribution in [0.4, 0.5) is 5.69 Å². The van der Waals surface area contributed by atoms with Gasteiger partial charge < -0.3 is 5.11 Å². The van der Waals surface area contributed by atoms with Gasteiger partial charge in [0.1, 0.15) is 5.54 Å². The Morgan fingerprint density at radius 1 is 0.944 bits per heavy atom. The Labute approximate surface area is 216 Å². The number of hydrogen-bond donors (Lipinski definition) is 2. The van der Waals surface area contributed by atoms with E-state index in [1.54, 1.807) is 24.3 Å². The maximum Gasteiger partial charge on any atom is 0.325 e. The fourth-order valence-electron chi connectivity index (χ4n) is 5.41. The minimum Gasteiger partial charge on any atom is -0.480 e. The molecule has 7 nitrogen and oxygen atoms in total. The summed E-state index contributed by atoms with van der Waals surface area (Å²) in [5.74, 6) is -4.38. The monoisotopic (exact) mass is 546 g/mol. The van der Waals surface area contributed by atoms with Crippen LogP contribution in [0.25, 0.3) is 0 Å². The van der Waals surface area contributed by atoms with Crippen LogP contribution in [0.2, 0.25) is 0 Å². The molecule has 5 rings (SSSR count). The number of imide groups is 1. The zero-order chi connectivity index (χ0) is 25.6. The predicted molar refractivity (Wildman–Crippen MR) is 136 cm³/mol. The van der Waals surface area contributed by atoms with Crippen LogP contribution in [0.3, 0.4) is 0 Å². The third-order valence-corrected chi connectivity index (χ3v) is 7.65. The van der Waals surface area contributed by atoms with E-state index in [0.717, 1.165) is 20.5 Å². The van der Waals surface area contributed by atoms with Crippen LogP contribution in [0.1, 0.15) is 34.5 Å². The number of Topliss-reactive ketones (excluding diaryl/α,β-unsaturated/α-hetero) is 1. The normalized spacial score (nSPS) is 25.2. The number of benzene rings is 3. The second-order valence-corrected chi connectivity index (χ2v) is 10.1. The van der Waals surface area contributed by atoms with Crippen molar-refractivity contribution in [3.8, 4) is 0 Å². The lowest BCUT2D eigenvalue weighted by Crippen LogP contribution is -2.57. The van der Waals surface area contributed by atoms with Crippen molar-refractivity contribution >= 4 is 45.2 Å². The van der Waals surface area contributed by atoms with Crippen LogP contribution in [-0.2, 0) is 20.8 Å². The van der Waals surface area contributed by atoms with Gasteiger partial charge in [0, 0.05) is 22.5 Å². The molecular weight excluding hydrogens is 524 g/mol. The number of anilines is 1. The molecule has 36 heavy (non-hydrogen) atoms. The molecule has 3 aromatic rings. The van der Waals surface area contributed by atoms with Crippen molar-refractivity contribution in [1.29, 1.82) is 0 Å². The van der Waals surface area contributed by atoms with Crippen molar-refractivity contribution in [3.05, 3.63) is 100 Å². The minimum absolute atomic E-state index is 0.0352. The number of carbonyl (C=O) groups excluding carboxylic acids is 3. The number of carboxylic acid groups (broad SMARTS) is 1. The summed E-state index contributed by atoms with van der Waals surface area (Å²) in [6.45, 7) is 1.44. The van der Waals surface area contributed by atoms with E-state index in [4.69, 9.17) is 0 Å². The van der Waals surface area contributed by atoms with Crippen LogP contribution in [0.5, 0.6) is 0 Å².